The molecule has 0 radical (unpaired) electrons. The van der Waals surface area contributed by atoms with E-state index < -0.39 is 5.60 Å². The summed E-state index contributed by atoms with van der Waals surface area (Å²) >= 11 is 0. The molecule has 0 aromatic carbocycles. The average molecular weight is 233 g/mol. The summed E-state index contributed by atoms with van der Waals surface area (Å²) in [6, 6.07) is 0. The van der Waals surface area contributed by atoms with Crippen LogP contribution < -0.4 is 0 Å². The molecule has 1 aliphatic heterocycles. The Morgan fingerprint density at radius 3 is 3.18 bits per heavy atom. The standard InChI is InChI=1S/C14H19NO2/c1-10(16)15-9-11-5-4-8-14(11,17)12-6-2-3-7-13(12)15/h2,6-7,11-12,17H,3-5,8-9H2,1H3/t11-,12+,14+/m0/s1. The number of fused-ring (bicyclic) bond motifs is 3. The van der Waals surface area contributed by atoms with Crippen molar-refractivity contribution in [3.8, 4) is 0 Å². The average Bonchev–Trinajstić information content (AvgIpc) is 2.70. The first kappa shape index (κ1) is 11.0. The Morgan fingerprint density at radius 2 is 2.41 bits per heavy atom. The summed E-state index contributed by atoms with van der Waals surface area (Å²) < 4.78 is 0. The van der Waals surface area contributed by atoms with Gasteiger partial charge >= 0.3 is 0 Å². The van der Waals surface area contributed by atoms with Gasteiger partial charge in [0.15, 0.2) is 0 Å². The van der Waals surface area contributed by atoms with Crippen molar-refractivity contribution in [3.63, 3.8) is 0 Å². The molecule has 3 nitrogen and oxygen atoms in total. The summed E-state index contributed by atoms with van der Waals surface area (Å²) in [5.41, 5.74) is 0.426. The van der Waals surface area contributed by atoms with E-state index in [-0.39, 0.29) is 17.7 Å². The van der Waals surface area contributed by atoms with Gasteiger partial charge in [0.25, 0.3) is 0 Å². The monoisotopic (exact) mass is 233 g/mol. The fourth-order valence-electron chi connectivity index (χ4n) is 3.71. The molecule has 1 N–H and O–H groups in total. The number of rotatable bonds is 0. The molecule has 0 aromatic heterocycles. The maximum absolute atomic E-state index is 11.7. The van der Waals surface area contributed by atoms with Crippen LogP contribution in [0.4, 0.5) is 0 Å². The Balaban J connectivity index is 2.02. The largest absolute Gasteiger partial charge is 0.389 e. The van der Waals surface area contributed by atoms with Crippen LogP contribution in [0.5, 0.6) is 0 Å². The van der Waals surface area contributed by atoms with Crippen molar-refractivity contribution in [2.75, 3.05) is 6.54 Å². The number of hydrogen-bond donors (Lipinski definition) is 1. The lowest BCUT2D eigenvalue weighted by atomic mass is 9.72. The zero-order chi connectivity index (χ0) is 12.0. The third kappa shape index (κ3) is 1.48. The number of piperidine rings is 1. The molecule has 0 bridgehead atoms. The van der Waals surface area contributed by atoms with Crippen LogP contribution in [0, 0.1) is 11.8 Å². The lowest BCUT2D eigenvalue weighted by Gasteiger charge is -2.48. The van der Waals surface area contributed by atoms with E-state index in [1.54, 1.807) is 6.92 Å². The molecule has 2 aliphatic carbocycles. The molecule has 3 aliphatic rings. The number of allylic oxidation sites excluding steroid dienone is 2. The van der Waals surface area contributed by atoms with Crippen LogP contribution in [0.1, 0.15) is 32.6 Å². The van der Waals surface area contributed by atoms with Gasteiger partial charge in [-0.25, -0.2) is 0 Å². The van der Waals surface area contributed by atoms with Crippen LogP contribution in [0.3, 0.4) is 0 Å². The van der Waals surface area contributed by atoms with Gasteiger partial charge in [-0.15, -0.1) is 0 Å². The fourth-order valence-corrected chi connectivity index (χ4v) is 3.71. The first-order valence-electron chi connectivity index (χ1n) is 6.50. The van der Waals surface area contributed by atoms with Gasteiger partial charge in [0.2, 0.25) is 5.91 Å². The number of carbonyl (C=O) groups excluding carboxylic acids is 1. The second-order valence-corrected chi connectivity index (χ2v) is 5.48. The van der Waals surface area contributed by atoms with E-state index in [1.165, 1.54) is 0 Å². The van der Waals surface area contributed by atoms with Crippen molar-refractivity contribution in [3.05, 3.63) is 23.9 Å². The lowest BCUT2D eigenvalue weighted by Crippen LogP contribution is -2.55. The predicted octanol–water partition coefficient (Wildman–Crippen LogP) is 1.84. The normalized spacial score (nSPS) is 39.6. The van der Waals surface area contributed by atoms with E-state index in [0.29, 0.717) is 6.54 Å². The van der Waals surface area contributed by atoms with Crippen molar-refractivity contribution >= 4 is 5.91 Å². The van der Waals surface area contributed by atoms with Crippen LogP contribution in [0.15, 0.2) is 23.9 Å². The SMILES string of the molecule is CC(=O)N1C[C@@H]2CCC[C@]2(O)[C@@H]2C=CCC=C21. The Bertz CT molecular complexity index is 412. The van der Waals surface area contributed by atoms with Crippen molar-refractivity contribution < 1.29 is 9.90 Å². The summed E-state index contributed by atoms with van der Waals surface area (Å²) in [6.07, 6.45) is 10.2. The second kappa shape index (κ2) is 3.70. The zero-order valence-corrected chi connectivity index (χ0v) is 10.2. The number of nitrogens with zero attached hydrogens (tertiary/aromatic N) is 1. The summed E-state index contributed by atoms with van der Waals surface area (Å²) in [5, 5.41) is 10.9. The van der Waals surface area contributed by atoms with Gasteiger partial charge in [0.05, 0.1) is 5.60 Å². The van der Waals surface area contributed by atoms with Crippen molar-refractivity contribution in [1.82, 2.24) is 4.90 Å². The van der Waals surface area contributed by atoms with Gasteiger partial charge < -0.3 is 10.0 Å². The third-order valence-electron chi connectivity index (χ3n) is 4.58. The molecule has 0 unspecified atom stereocenters. The van der Waals surface area contributed by atoms with Crippen molar-refractivity contribution in [1.29, 1.82) is 0 Å². The maximum Gasteiger partial charge on any atom is 0.223 e. The highest BCUT2D eigenvalue weighted by Crippen LogP contribution is 2.50. The molecule has 1 saturated carbocycles. The van der Waals surface area contributed by atoms with Gasteiger partial charge in [-0.05, 0) is 19.3 Å². The maximum atomic E-state index is 11.7. The topological polar surface area (TPSA) is 40.5 Å². The molecule has 92 valence electrons. The van der Waals surface area contributed by atoms with Crippen LogP contribution in [0.2, 0.25) is 0 Å². The Labute approximate surface area is 102 Å². The van der Waals surface area contributed by atoms with E-state index in [1.807, 2.05) is 4.90 Å². The number of hydrogen-bond acceptors (Lipinski definition) is 2. The summed E-state index contributed by atoms with van der Waals surface area (Å²) in [6.45, 7) is 2.32. The Morgan fingerprint density at radius 1 is 1.59 bits per heavy atom. The van der Waals surface area contributed by atoms with E-state index in [9.17, 15) is 9.90 Å². The number of likely N-dealkylation sites (tertiary alicyclic amines) is 1. The molecule has 17 heavy (non-hydrogen) atoms. The third-order valence-corrected chi connectivity index (χ3v) is 4.58. The van der Waals surface area contributed by atoms with E-state index >= 15 is 0 Å². The Kier molecular flexibility index (Phi) is 2.40. The molecule has 2 fully saturated rings. The quantitative estimate of drug-likeness (QED) is 0.649. The van der Waals surface area contributed by atoms with Gasteiger partial charge in [-0.1, -0.05) is 24.6 Å². The molecular formula is C14H19NO2. The molecule has 0 aromatic rings. The Hall–Kier alpha value is -1.09. The van der Waals surface area contributed by atoms with Gasteiger partial charge in [-0.3, -0.25) is 4.79 Å². The van der Waals surface area contributed by atoms with Crippen LogP contribution in [-0.4, -0.2) is 28.1 Å². The van der Waals surface area contributed by atoms with Gasteiger partial charge in [0.1, 0.15) is 0 Å². The van der Waals surface area contributed by atoms with Crippen LogP contribution >= 0.6 is 0 Å². The minimum atomic E-state index is -0.602. The molecule has 0 spiro atoms. The summed E-state index contributed by atoms with van der Waals surface area (Å²) in [7, 11) is 0. The molecular weight excluding hydrogens is 214 g/mol. The fraction of sp³-hybridized carbons (Fsp3) is 0.643. The number of aliphatic hydroxyl groups is 1. The van der Waals surface area contributed by atoms with Crippen LogP contribution in [0.25, 0.3) is 0 Å². The zero-order valence-electron chi connectivity index (χ0n) is 10.2. The molecule has 1 saturated heterocycles. The van der Waals surface area contributed by atoms with Gasteiger partial charge in [0, 0.05) is 31.0 Å². The van der Waals surface area contributed by atoms with E-state index in [2.05, 4.69) is 18.2 Å². The van der Waals surface area contributed by atoms with Crippen molar-refractivity contribution in [2.45, 2.75) is 38.2 Å². The first-order chi connectivity index (χ1) is 8.13. The number of amides is 1. The predicted molar refractivity (Wildman–Crippen MR) is 65.0 cm³/mol. The minimum Gasteiger partial charge on any atom is -0.389 e. The highest BCUT2D eigenvalue weighted by molar-refractivity contribution is 5.76. The van der Waals surface area contributed by atoms with Crippen molar-refractivity contribution in [2.24, 2.45) is 11.8 Å². The molecule has 1 amide bonds. The van der Waals surface area contributed by atoms with Gasteiger partial charge in [-0.2, -0.15) is 0 Å². The summed E-state index contributed by atoms with van der Waals surface area (Å²) in [4.78, 5) is 13.6. The van der Waals surface area contributed by atoms with E-state index in [4.69, 9.17) is 0 Å². The minimum absolute atomic E-state index is 0.0291. The van der Waals surface area contributed by atoms with E-state index in [0.717, 1.165) is 31.4 Å². The lowest BCUT2D eigenvalue weighted by molar-refractivity contribution is -0.134. The molecule has 1 heterocycles. The summed E-state index contributed by atoms with van der Waals surface area (Å²) in [5.74, 6) is 0.378. The molecule has 3 atom stereocenters. The molecule has 3 heteroatoms. The number of carbonyl (C=O) groups is 1. The highest BCUT2D eigenvalue weighted by atomic mass is 16.3. The van der Waals surface area contributed by atoms with Crippen LogP contribution in [-0.2, 0) is 4.79 Å². The first-order valence-corrected chi connectivity index (χ1v) is 6.50. The molecule has 3 rings (SSSR count). The smallest absolute Gasteiger partial charge is 0.223 e. The second-order valence-electron chi connectivity index (χ2n) is 5.48. The highest BCUT2D eigenvalue weighted by Gasteiger charge is 2.53.